The Kier molecular flexibility index (Phi) is 4.53. The second kappa shape index (κ2) is 6.96. The number of rotatable bonds is 4. The van der Waals surface area contributed by atoms with Crippen LogP contribution < -0.4 is 0 Å². The molecule has 2 aliphatic rings. The van der Waals surface area contributed by atoms with Crippen molar-refractivity contribution in [3.63, 3.8) is 0 Å². The molecule has 132 valence electrons. The lowest BCUT2D eigenvalue weighted by Crippen LogP contribution is -2.39. The summed E-state index contributed by atoms with van der Waals surface area (Å²) in [4.78, 5) is 26.2. The van der Waals surface area contributed by atoms with E-state index in [0.717, 1.165) is 49.8 Å². The number of carbonyl (C=O) groups is 1. The monoisotopic (exact) mass is 339 g/mol. The summed E-state index contributed by atoms with van der Waals surface area (Å²) in [5.41, 5.74) is 0.984. The van der Waals surface area contributed by atoms with E-state index in [-0.39, 0.29) is 11.9 Å². The van der Waals surface area contributed by atoms with Gasteiger partial charge in [0.1, 0.15) is 11.6 Å². The summed E-state index contributed by atoms with van der Waals surface area (Å²) in [7, 11) is 0. The Hall–Kier alpha value is -2.21. The molecule has 2 aromatic rings. The van der Waals surface area contributed by atoms with Gasteiger partial charge in [-0.1, -0.05) is 6.07 Å². The lowest BCUT2D eigenvalue weighted by molar-refractivity contribution is -0.133. The molecule has 6 heteroatoms. The largest absolute Gasteiger partial charge is 0.333 e. The van der Waals surface area contributed by atoms with Crippen LogP contribution in [-0.4, -0.2) is 56.4 Å². The number of aryl methyl sites for hydroxylation is 1. The maximum Gasteiger partial charge on any atom is 0.237 e. The molecule has 0 N–H and O–H groups in total. The van der Waals surface area contributed by atoms with Crippen LogP contribution in [0.4, 0.5) is 0 Å². The van der Waals surface area contributed by atoms with Gasteiger partial charge in [-0.05, 0) is 57.8 Å². The number of hydrogen-bond donors (Lipinski definition) is 0. The van der Waals surface area contributed by atoms with Crippen molar-refractivity contribution in [1.82, 2.24) is 24.3 Å². The second-order valence-electron chi connectivity index (χ2n) is 6.99. The molecular formula is C19H25N5O. The van der Waals surface area contributed by atoms with Gasteiger partial charge < -0.3 is 4.90 Å². The standard InChI is InChI=1S/C19H25N5O/c1-15-20-9-13-23(15)18-8-4-6-16(21-18)17-7-5-12-24(17)19(25)14-22-10-2-3-11-22/h4,6,8-9,13,17H,2-3,5,7,10-12,14H2,1H3/t17-/m0/s1. The third-order valence-electron chi connectivity index (χ3n) is 5.30. The summed E-state index contributed by atoms with van der Waals surface area (Å²) in [6, 6.07) is 6.16. The molecule has 2 aromatic heterocycles. The minimum absolute atomic E-state index is 0.0962. The summed E-state index contributed by atoms with van der Waals surface area (Å²) in [6.07, 6.45) is 8.17. The Balaban J connectivity index is 1.54. The van der Waals surface area contributed by atoms with Crippen molar-refractivity contribution in [3.05, 3.63) is 42.1 Å². The SMILES string of the molecule is Cc1nccn1-c1cccc([C@@H]2CCCN2C(=O)CN2CCCC2)n1. The van der Waals surface area contributed by atoms with Crippen molar-refractivity contribution < 1.29 is 4.79 Å². The molecule has 4 heterocycles. The number of likely N-dealkylation sites (tertiary alicyclic amines) is 2. The molecular weight excluding hydrogens is 314 g/mol. The predicted molar refractivity (Wildman–Crippen MR) is 95.5 cm³/mol. The molecule has 0 aliphatic carbocycles. The minimum atomic E-state index is 0.0962. The van der Waals surface area contributed by atoms with E-state index in [4.69, 9.17) is 4.98 Å². The van der Waals surface area contributed by atoms with Crippen molar-refractivity contribution in [1.29, 1.82) is 0 Å². The maximum atomic E-state index is 12.8. The van der Waals surface area contributed by atoms with Crippen LogP contribution >= 0.6 is 0 Å². The Bertz CT molecular complexity index is 750. The molecule has 0 bridgehead atoms. The van der Waals surface area contributed by atoms with Crippen LogP contribution in [0.2, 0.25) is 0 Å². The van der Waals surface area contributed by atoms with Crippen molar-refractivity contribution >= 4 is 5.91 Å². The van der Waals surface area contributed by atoms with Gasteiger partial charge in [-0.25, -0.2) is 9.97 Å². The van der Waals surface area contributed by atoms with Crippen molar-refractivity contribution in [2.75, 3.05) is 26.2 Å². The van der Waals surface area contributed by atoms with Crippen LogP contribution in [0.15, 0.2) is 30.6 Å². The molecule has 2 aliphatic heterocycles. The number of amides is 1. The number of aromatic nitrogens is 3. The van der Waals surface area contributed by atoms with Crippen LogP contribution in [0, 0.1) is 6.92 Å². The molecule has 0 aromatic carbocycles. The molecule has 1 amide bonds. The topological polar surface area (TPSA) is 54.3 Å². The summed E-state index contributed by atoms with van der Waals surface area (Å²) in [5, 5.41) is 0. The zero-order chi connectivity index (χ0) is 17.2. The van der Waals surface area contributed by atoms with Gasteiger partial charge in [-0.2, -0.15) is 0 Å². The van der Waals surface area contributed by atoms with Gasteiger partial charge in [0.05, 0.1) is 18.3 Å². The normalized spacial score (nSPS) is 21.2. The fraction of sp³-hybridized carbons (Fsp3) is 0.526. The van der Waals surface area contributed by atoms with Crippen LogP contribution in [0.3, 0.4) is 0 Å². The first-order valence-corrected chi connectivity index (χ1v) is 9.21. The predicted octanol–water partition coefficient (Wildman–Crippen LogP) is 2.34. The minimum Gasteiger partial charge on any atom is -0.333 e. The maximum absolute atomic E-state index is 12.8. The van der Waals surface area contributed by atoms with E-state index in [2.05, 4.69) is 9.88 Å². The third kappa shape index (κ3) is 3.31. The van der Waals surface area contributed by atoms with Crippen molar-refractivity contribution in [2.45, 2.75) is 38.6 Å². The fourth-order valence-electron chi connectivity index (χ4n) is 3.97. The number of carbonyl (C=O) groups excluding carboxylic acids is 1. The van der Waals surface area contributed by atoms with Crippen LogP contribution in [0.1, 0.15) is 43.2 Å². The number of imidazole rings is 1. The Morgan fingerprint density at radius 3 is 2.80 bits per heavy atom. The third-order valence-corrected chi connectivity index (χ3v) is 5.30. The highest BCUT2D eigenvalue weighted by Crippen LogP contribution is 2.31. The van der Waals surface area contributed by atoms with E-state index in [0.29, 0.717) is 6.54 Å². The van der Waals surface area contributed by atoms with Gasteiger partial charge in [0.2, 0.25) is 5.91 Å². The lowest BCUT2D eigenvalue weighted by Gasteiger charge is -2.27. The van der Waals surface area contributed by atoms with E-state index >= 15 is 0 Å². The average Bonchev–Trinajstić information content (AvgIpc) is 3.36. The van der Waals surface area contributed by atoms with E-state index < -0.39 is 0 Å². The van der Waals surface area contributed by atoms with Crippen LogP contribution in [0.5, 0.6) is 0 Å². The van der Waals surface area contributed by atoms with E-state index in [9.17, 15) is 4.79 Å². The van der Waals surface area contributed by atoms with Gasteiger partial charge >= 0.3 is 0 Å². The Morgan fingerprint density at radius 2 is 2.04 bits per heavy atom. The second-order valence-corrected chi connectivity index (χ2v) is 6.99. The van der Waals surface area contributed by atoms with Gasteiger partial charge in [0.25, 0.3) is 0 Å². The molecule has 0 saturated carbocycles. The smallest absolute Gasteiger partial charge is 0.237 e. The number of hydrogen-bond acceptors (Lipinski definition) is 4. The van der Waals surface area contributed by atoms with E-state index in [1.807, 2.05) is 40.8 Å². The first-order valence-electron chi connectivity index (χ1n) is 9.21. The zero-order valence-corrected chi connectivity index (χ0v) is 14.8. The summed E-state index contributed by atoms with van der Waals surface area (Å²) >= 11 is 0. The summed E-state index contributed by atoms with van der Waals surface area (Å²) in [6.45, 7) is 5.47. The van der Waals surface area contributed by atoms with Gasteiger partial charge in [0.15, 0.2) is 0 Å². The molecule has 25 heavy (non-hydrogen) atoms. The summed E-state index contributed by atoms with van der Waals surface area (Å²) < 4.78 is 1.98. The molecule has 0 unspecified atom stereocenters. The molecule has 0 radical (unpaired) electrons. The Labute approximate surface area is 148 Å². The molecule has 6 nitrogen and oxygen atoms in total. The Morgan fingerprint density at radius 1 is 1.20 bits per heavy atom. The van der Waals surface area contributed by atoms with Crippen molar-refractivity contribution in [3.8, 4) is 5.82 Å². The zero-order valence-electron chi connectivity index (χ0n) is 14.8. The molecule has 0 spiro atoms. The van der Waals surface area contributed by atoms with E-state index in [1.165, 1.54) is 12.8 Å². The highest BCUT2D eigenvalue weighted by molar-refractivity contribution is 5.79. The number of nitrogens with zero attached hydrogens (tertiary/aromatic N) is 5. The molecule has 1 atom stereocenters. The van der Waals surface area contributed by atoms with Crippen LogP contribution in [0.25, 0.3) is 5.82 Å². The first kappa shape index (κ1) is 16.3. The summed E-state index contributed by atoms with van der Waals surface area (Å²) in [5.74, 6) is 2.03. The van der Waals surface area contributed by atoms with E-state index in [1.54, 1.807) is 6.20 Å². The number of pyridine rings is 1. The highest BCUT2D eigenvalue weighted by Gasteiger charge is 2.32. The first-order chi connectivity index (χ1) is 12.2. The quantitative estimate of drug-likeness (QED) is 0.858. The lowest BCUT2D eigenvalue weighted by atomic mass is 10.1. The van der Waals surface area contributed by atoms with Gasteiger partial charge in [-0.3, -0.25) is 14.3 Å². The van der Waals surface area contributed by atoms with Crippen LogP contribution in [-0.2, 0) is 4.79 Å². The fourth-order valence-corrected chi connectivity index (χ4v) is 3.97. The highest BCUT2D eigenvalue weighted by atomic mass is 16.2. The average molecular weight is 339 g/mol. The van der Waals surface area contributed by atoms with Gasteiger partial charge in [0, 0.05) is 18.9 Å². The molecule has 2 fully saturated rings. The molecule has 4 rings (SSSR count). The van der Waals surface area contributed by atoms with Crippen molar-refractivity contribution in [2.24, 2.45) is 0 Å². The molecule has 2 saturated heterocycles. The van der Waals surface area contributed by atoms with Gasteiger partial charge in [-0.15, -0.1) is 0 Å².